The molecule has 0 bridgehead atoms. The maximum atomic E-state index is 11.4. The highest BCUT2D eigenvalue weighted by molar-refractivity contribution is 8.00. The first-order chi connectivity index (χ1) is 5.15. The Hall–Kier alpha value is 0.0200. The summed E-state index contributed by atoms with van der Waals surface area (Å²) in [4.78, 5) is 11.4. The van der Waals surface area contributed by atoms with Gasteiger partial charge in [-0.1, -0.05) is 20.8 Å². The van der Waals surface area contributed by atoms with Gasteiger partial charge in [0, 0.05) is 22.8 Å². The second-order valence-electron chi connectivity index (χ2n) is 3.35. The lowest BCUT2D eigenvalue weighted by atomic mass is 9.96. The molecule has 3 atom stereocenters. The number of carbonyl (C=O) groups is 1. The fourth-order valence-corrected chi connectivity index (χ4v) is 3.03. The molecular formula is C9H16OS. The summed E-state index contributed by atoms with van der Waals surface area (Å²) in [5.74, 6) is 0.754. The molecule has 1 aliphatic rings. The lowest BCUT2D eigenvalue weighted by molar-refractivity contribution is -0.122. The van der Waals surface area contributed by atoms with Gasteiger partial charge in [-0.05, 0) is 6.42 Å². The molecule has 0 unspecified atom stereocenters. The minimum Gasteiger partial charge on any atom is -0.299 e. The second-order valence-corrected chi connectivity index (χ2v) is 5.03. The van der Waals surface area contributed by atoms with Crippen molar-refractivity contribution in [1.29, 1.82) is 0 Å². The number of hydrogen-bond donors (Lipinski definition) is 0. The van der Waals surface area contributed by atoms with Crippen LogP contribution in [0.1, 0.15) is 33.6 Å². The first-order valence-corrected chi connectivity index (χ1v) is 5.27. The standard InChI is InChI=1S/C9H16OS/c1-4-9-7(3)8(10)5-6(2)11-9/h6-7,9H,4-5H2,1-3H3/t6-,7-,9+/m1/s1. The molecule has 1 fully saturated rings. The summed E-state index contributed by atoms with van der Waals surface area (Å²) in [5.41, 5.74) is 0. The summed E-state index contributed by atoms with van der Waals surface area (Å²) in [6.45, 7) is 6.38. The van der Waals surface area contributed by atoms with Crippen LogP contribution in [0.4, 0.5) is 0 Å². The van der Waals surface area contributed by atoms with Crippen molar-refractivity contribution in [2.75, 3.05) is 0 Å². The van der Waals surface area contributed by atoms with E-state index in [1.54, 1.807) is 0 Å². The molecule has 0 amide bonds. The zero-order chi connectivity index (χ0) is 8.43. The van der Waals surface area contributed by atoms with E-state index in [2.05, 4.69) is 20.8 Å². The summed E-state index contributed by atoms with van der Waals surface area (Å²) >= 11 is 1.98. The molecule has 1 nitrogen and oxygen atoms in total. The van der Waals surface area contributed by atoms with Crippen LogP contribution in [0.5, 0.6) is 0 Å². The molecule has 0 aromatic heterocycles. The van der Waals surface area contributed by atoms with Crippen molar-refractivity contribution in [2.24, 2.45) is 5.92 Å². The quantitative estimate of drug-likeness (QED) is 0.604. The molecular weight excluding hydrogens is 156 g/mol. The van der Waals surface area contributed by atoms with Gasteiger partial charge in [-0.3, -0.25) is 4.79 Å². The topological polar surface area (TPSA) is 17.1 Å². The van der Waals surface area contributed by atoms with Crippen molar-refractivity contribution < 1.29 is 4.79 Å². The Balaban J connectivity index is 2.58. The minimum atomic E-state index is 0.293. The highest BCUT2D eigenvalue weighted by Crippen LogP contribution is 2.34. The fourth-order valence-electron chi connectivity index (χ4n) is 1.59. The van der Waals surface area contributed by atoms with Gasteiger partial charge in [0.1, 0.15) is 5.78 Å². The number of carbonyl (C=O) groups excluding carboxylic acids is 1. The van der Waals surface area contributed by atoms with E-state index in [4.69, 9.17) is 0 Å². The van der Waals surface area contributed by atoms with E-state index < -0.39 is 0 Å². The van der Waals surface area contributed by atoms with E-state index >= 15 is 0 Å². The highest BCUT2D eigenvalue weighted by atomic mass is 32.2. The predicted molar refractivity (Wildman–Crippen MR) is 49.9 cm³/mol. The van der Waals surface area contributed by atoms with Gasteiger partial charge in [0.2, 0.25) is 0 Å². The number of Topliss-reactive ketones (excluding diaryl/α,β-unsaturated/α-hetero) is 1. The van der Waals surface area contributed by atoms with Gasteiger partial charge in [-0.2, -0.15) is 11.8 Å². The zero-order valence-electron chi connectivity index (χ0n) is 7.46. The lowest BCUT2D eigenvalue weighted by Gasteiger charge is -2.30. The highest BCUT2D eigenvalue weighted by Gasteiger charge is 2.30. The van der Waals surface area contributed by atoms with Crippen molar-refractivity contribution >= 4 is 17.5 Å². The van der Waals surface area contributed by atoms with Crippen LogP contribution in [0, 0.1) is 5.92 Å². The maximum Gasteiger partial charge on any atom is 0.137 e. The van der Waals surface area contributed by atoms with Crippen molar-refractivity contribution in [2.45, 2.75) is 44.1 Å². The third-order valence-electron chi connectivity index (χ3n) is 2.36. The number of thioether (sulfide) groups is 1. The SMILES string of the molecule is CC[C@@H]1S[C@H](C)CC(=O)[C@H]1C. The summed E-state index contributed by atoms with van der Waals surface area (Å²) in [6.07, 6.45) is 1.91. The molecule has 64 valence electrons. The molecule has 0 N–H and O–H groups in total. The number of hydrogen-bond acceptors (Lipinski definition) is 2. The first-order valence-electron chi connectivity index (χ1n) is 4.33. The second kappa shape index (κ2) is 3.61. The van der Waals surface area contributed by atoms with E-state index in [0.29, 0.717) is 22.2 Å². The smallest absolute Gasteiger partial charge is 0.137 e. The Kier molecular flexibility index (Phi) is 2.99. The average Bonchev–Trinajstić information content (AvgIpc) is 1.96. The third kappa shape index (κ3) is 1.98. The van der Waals surface area contributed by atoms with Gasteiger partial charge in [0.05, 0.1) is 0 Å². The summed E-state index contributed by atoms with van der Waals surface area (Å²) in [7, 11) is 0. The van der Waals surface area contributed by atoms with Gasteiger partial charge in [-0.15, -0.1) is 0 Å². The van der Waals surface area contributed by atoms with Gasteiger partial charge < -0.3 is 0 Å². The van der Waals surface area contributed by atoms with Crippen LogP contribution in [0.25, 0.3) is 0 Å². The van der Waals surface area contributed by atoms with Crippen LogP contribution in [-0.2, 0) is 4.79 Å². The van der Waals surface area contributed by atoms with Gasteiger partial charge >= 0.3 is 0 Å². The average molecular weight is 172 g/mol. The van der Waals surface area contributed by atoms with E-state index in [1.165, 1.54) is 0 Å². The Bertz CT molecular complexity index is 156. The van der Waals surface area contributed by atoms with Crippen LogP contribution in [0.2, 0.25) is 0 Å². The zero-order valence-corrected chi connectivity index (χ0v) is 8.28. The molecule has 1 heterocycles. The van der Waals surface area contributed by atoms with Crippen LogP contribution in [0.3, 0.4) is 0 Å². The van der Waals surface area contributed by atoms with Crippen molar-refractivity contribution in [3.8, 4) is 0 Å². The van der Waals surface area contributed by atoms with Crippen LogP contribution in [0.15, 0.2) is 0 Å². The van der Waals surface area contributed by atoms with Crippen LogP contribution < -0.4 is 0 Å². The van der Waals surface area contributed by atoms with E-state index in [-0.39, 0.29) is 0 Å². The third-order valence-corrected chi connectivity index (χ3v) is 4.09. The van der Waals surface area contributed by atoms with E-state index in [1.807, 2.05) is 11.8 Å². The molecule has 1 aliphatic heterocycles. The number of rotatable bonds is 1. The largest absolute Gasteiger partial charge is 0.299 e. The molecule has 2 heteroatoms. The molecule has 11 heavy (non-hydrogen) atoms. The monoisotopic (exact) mass is 172 g/mol. The Morgan fingerprint density at radius 3 is 2.73 bits per heavy atom. The summed E-state index contributed by atoms with van der Waals surface area (Å²) in [5, 5.41) is 1.12. The molecule has 0 radical (unpaired) electrons. The van der Waals surface area contributed by atoms with Crippen LogP contribution in [-0.4, -0.2) is 16.3 Å². The molecule has 0 aromatic carbocycles. The van der Waals surface area contributed by atoms with Gasteiger partial charge in [0.25, 0.3) is 0 Å². The maximum absolute atomic E-state index is 11.4. The molecule has 0 aliphatic carbocycles. The molecule has 1 rings (SSSR count). The van der Waals surface area contributed by atoms with Crippen molar-refractivity contribution in [3.05, 3.63) is 0 Å². The Labute approximate surface area is 72.9 Å². The van der Waals surface area contributed by atoms with Crippen molar-refractivity contribution in [3.63, 3.8) is 0 Å². The Morgan fingerprint density at radius 1 is 1.55 bits per heavy atom. The molecule has 0 saturated carbocycles. The first kappa shape index (κ1) is 9.11. The normalized spacial score (nSPS) is 39.2. The minimum absolute atomic E-state index is 0.293. The van der Waals surface area contributed by atoms with Crippen molar-refractivity contribution in [1.82, 2.24) is 0 Å². The molecule has 1 saturated heterocycles. The lowest BCUT2D eigenvalue weighted by Crippen LogP contribution is -2.31. The Morgan fingerprint density at radius 2 is 2.18 bits per heavy atom. The fraction of sp³-hybridized carbons (Fsp3) is 0.889. The summed E-state index contributed by atoms with van der Waals surface area (Å²) in [6, 6.07) is 0. The van der Waals surface area contributed by atoms with E-state index in [0.717, 1.165) is 12.8 Å². The summed E-state index contributed by atoms with van der Waals surface area (Å²) < 4.78 is 0. The van der Waals surface area contributed by atoms with Gasteiger partial charge in [-0.25, -0.2) is 0 Å². The molecule has 0 spiro atoms. The van der Waals surface area contributed by atoms with E-state index in [9.17, 15) is 4.79 Å². The predicted octanol–water partition coefficient (Wildman–Crippen LogP) is 2.50. The molecule has 0 aromatic rings. The van der Waals surface area contributed by atoms with Gasteiger partial charge in [0.15, 0.2) is 0 Å². The number of ketones is 1. The van der Waals surface area contributed by atoms with Crippen LogP contribution >= 0.6 is 11.8 Å².